The van der Waals surface area contributed by atoms with Gasteiger partial charge in [-0.05, 0) is 30.4 Å². The summed E-state index contributed by atoms with van der Waals surface area (Å²) in [6, 6.07) is 17.4. The zero-order chi connectivity index (χ0) is 23.5. The zero-order valence-electron chi connectivity index (χ0n) is 19.1. The Labute approximate surface area is 195 Å². The SMILES string of the molecule is CCCC[C@@H](NC(=O)[C@H]1CCCN1C(=O)OCc1ccccc1)C(=O)OCc1ccccc1. The van der Waals surface area contributed by atoms with E-state index in [-0.39, 0.29) is 19.1 Å². The van der Waals surface area contributed by atoms with E-state index in [2.05, 4.69) is 5.32 Å². The number of nitrogens with one attached hydrogen (secondary N) is 1. The number of likely N-dealkylation sites (tertiary alicyclic amines) is 1. The molecule has 3 rings (SSSR count). The lowest BCUT2D eigenvalue weighted by Gasteiger charge is -2.25. The number of nitrogens with zero attached hydrogens (tertiary/aromatic N) is 1. The average molecular weight is 453 g/mol. The number of rotatable bonds is 10. The van der Waals surface area contributed by atoms with Crippen molar-refractivity contribution in [1.82, 2.24) is 10.2 Å². The van der Waals surface area contributed by atoms with E-state index in [0.29, 0.717) is 25.8 Å². The molecule has 2 atom stereocenters. The predicted octanol–water partition coefficient (Wildman–Crippen LogP) is 4.21. The molecule has 1 fully saturated rings. The Morgan fingerprint density at radius 2 is 1.58 bits per heavy atom. The van der Waals surface area contributed by atoms with Gasteiger partial charge in [-0.1, -0.05) is 80.4 Å². The maximum absolute atomic E-state index is 13.0. The van der Waals surface area contributed by atoms with Crippen molar-refractivity contribution in [3.63, 3.8) is 0 Å². The van der Waals surface area contributed by atoms with Crippen LogP contribution >= 0.6 is 0 Å². The summed E-state index contributed by atoms with van der Waals surface area (Å²) in [5.41, 5.74) is 1.77. The number of benzene rings is 2. The Balaban J connectivity index is 1.56. The van der Waals surface area contributed by atoms with Crippen LogP contribution in [-0.2, 0) is 32.3 Å². The summed E-state index contributed by atoms with van der Waals surface area (Å²) in [4.78, 5) is 39.8. The summed E-state index contributed by atoms with van der Waals surface area (Å²) in [6.45, 7) is 2.77. The first-order valence-corrected chi connectivity index (χ1v) is 11.6. The van der Waals surface area contributed by atoms with Gasteiger partial charge in [0.1, 0.15) is 25.3 Å². The van der Waals surface area contributed by atoms with Crippen molar-refractivity contribution in [2.75, 3.05) is 6.54 Å². The van der Waals surface area contributed by atoms with Gasteiger partial charge >= 0.3 is 12.1 Å². The molecular weight excluding hydrogens is 420 g/mol. The molecule has 1 N–H and O–H groups in total. The second kappa shape index (κ2) is 12.6. The van der Waals surface area contributed by atoms with Crippen LogP contribution in [-0.4, -0.2) is 41.5 Å². The third-order valence-corrected chi connectivity index (χ3v) is 5.67. The van der Waals surface area contributed by atoms with Gasteiger partial charge in [0.25, 0.3) is 0 Å². The molecule has 1 aliphatic heterocycles. The number of carbonyl (C=O) groups is 3. The molecule has 2 aromatic carbocycles. The van der Waals surface area contributed by atoms with Crippen LogP contribution in [0.1, 0.15) is 50.2 Å². The highest BCUT2D eigenvalue weighted by molar-refractivity contribution is 5.90. The largest absolute Gasteiger partial charge is 0.459 e. The zero-order valence-corrected chi connectivity index (χ0v) is 19.1. The molecule has 1 heterocycles. The van der Waals surface area contributed by atoms with Crippen LogP contribution in [0.15, 0.2) is 60.7 Å². The molecule has 33 heavy (non-hydrogen) atoms. The van der Waals surface area contributed by atoms with Crippen LogP contribution < -0.4 is 5.32 Å². The summed E-state index contributed by atoms with van der Waals surface area (Å²) in [7, 11) is 0. The highest BCUT2D eigenvalue weighted by Crippen LogP contribution is 2.20. The third-order valence-electron chi connectivity index (χ3n) is 5.67. The summed E-state index contributed by atoms with van der Waals surface area (Å²) in [6.07, 6.45) is 2.87. The number of unbranched alkanes of at least 4 members (excludes halogenated alkanes) is 1. The smallest absolute Gasteiger partial charge is 0.410 e. The molecular formula is C26H32N2O5. The Morgan fingerprint density at radius 3 is 2.18 bits per heavy atom. The fourth-order valence-electron chi connectivity index (χ4n) is 3.81. The van der Waals surface area contributed by atoms with Gasteiger partial charge in [0.05, 0.1) is 0 Å². The van der Waals surface area contributed by atoms with Gasteiger partial charge in [0, 0.05) is 6.54 Å². The van der Waals surface area contributed by atoms with Gasteiger partial charge in [-0.2, -0.15) is 0 Å². The Bertz CT molecular complexity index is 903. The summed E-state index contributed by atoms with van der Waals surface area (Å²) >= 11 is 0. The first-order chi connectivity index (χ1) is 16.1. The topological polar surface area (TPSA) is 84.9 Å². The normalized spacial score (nSPS) is 16.2. The van der Waals surface area contributed by atoms with Crippen LogP contribution in [0.25, 0.3) is 0 Å². The van der Waals surface area contributed by atoms with Crippen LogP contribution in [0.5, 0.6) is 0 Å². The van der Waals surface area contributed by atoms with E-state index in [1.54, 1.807) is 0 Å². The fraction of sp³-hybridized carbons (Fsp3) is 0.423. The predicted molar refractivity (Wildman–Crippen MR) is 124 cm³/mol. The quantitative estimate of drug-likeness (QED) is 0.546. The van der Waals surface area contributed by atoms with Gasteiger partial charge in [-0.3, -0.25) is 9.69 Å². The van der Waals surface area contributed by atoms with E-state index in [9.17, 15) is 14.4 Å². The van der Waals surface area contributed by atoms with Crippen LogP contribution in [0, 0.1) is 0 Å². The number of amides is 2. The summed E-state index contributed by atoms with van der Waals surface area (Å²) in [5.74, 6) is -0.807. The van der Waals surface area contributed by atoms with E-state index in [1.807, 2.05) is 67.6 Å². The van der Waals surface area contributed by atoms with E-state index in [0.717, 1.165) is 24.0 Å². The second-order valence-electron chi connectivity index (χ2n) is 8.19. The van der Waals surface area contributed by atoms with Gasteiger partial charge in [-0.15, -0.1) is 0 Å². The molecule has 0 spiro atoms. The van der Waals surface area contributed by atoms with Crippen LogP contribution in [0.4, 0.5) is 4.79 Å². The number of ether oxygens (including phenoxy) is 2. The summed E-state index contributed by atoms with van der Waals surface area (Å²) < 4.78 is 10.9. The number of hydrogen-bond donors (Lipinski definition) is 1. The second-order valence-corrected chi connectivity index (χ2v) is 8.19. The summed E-state index contributed by atoms with van der Waals surface area (Å²) in [5, 5.41) is 2.83. The maximum atomic E-state index is 13.0. The first kappa shape index (κ1) is 24.3. The standard InChI is InChI=1S/C26H32N2O5/c1-2-3-15-22(25(30)32-18-20-11-6-4-7-12-20)27-24(29)23-16-10-17-28(23)26(31)33-19-21-13-8-5-9-14-21/h4-9,11-14,22-23H,2-3,10,15-19H2,1H3,(H,27,29)/t22-,23-/m1/s1. The van der Waals surface area contributed by atoms with Gasteiger partial charge < -0.3 is 14.8 Å². The molecule has 2 amide bonds. The van der Waals surface area contributed by atoms with Crippen molar-refractivity contribution >= 4 is 18.0 Å². The molecule has 176 valence electrons. The molecule has 0 aromatic heterocycles. The average Bonchev–Trinajstić information content (AvgIpc) is 3.35. The lowest BCUT2D eigenvalue weighted by atomic mass is 10.1. The third kappa shape index (κ3) is 7.34. The lowest BCUT2D eigenvalue weighted by molar-refractivity contribution is -0.149. The van der Waals surface area contributed by atoms with Crippen molar-refractivity contribution in [2.24, 2.45) is 0 Å². The van der Waals surface area contributed by atoms with Crippen molar-refractivity contribution in [3.8, 4) is 0 Å². The molecule has 7 heteroatoms. The molecule has 1 saturated heterocycles. The monoisotopic (exact) mass is 452 g/mol. The Morgan fingerprint density at radius 1 is 0.970 bits per heavy atom. The minimum absolute atomic E-state index is 0.148. The van der Waals surface area contributed by atoms with Crippen molar-refractivity contribution in [1.29, 1.82) is 0 Å². The Hall–Kier alpha value is -3.35. The molecule has 1 aliphatic rings. The Kier molecular flexibility index (Phi) is 9.30. The molecule has 0 bridgehead atoms. The number of esters is 1. The number of hydrogen-bond acceptors (Lipinski definition) is 5. The van der Waals surface area contributed by atoms with E-state index < -0.39 is 24.1 Å². The molecule has 2 aromatic rings. The molecule has 0 saturated carbocycles. The molecule has 7 nitrogen and oxygen atoms in total. The number of carbonyl (C=O) groups excluding carboxylic acids is 3. The molecule has 0 radical (unpaired) electrons. The highest BCUT2D eigenvalue weighted by Gasteiger charge is 2.37. The minimum Gasteiger partial charge on any atom is -0.459 e. The van der Waals surface area contributed by atoms with Gasteiger partial charge in [0.2, 0.25) is 5.91 Å². The van der Waals surface area contributed by atoms with Crippen molar-refractivity contribution < 1.29 is 23.9 Å². The minimum atomic E-state index is -0.746. The molecule has 0 aliphatic carbocycles. The van der Waals surface area contributed by atoms with Crippen LogP contribution in [0.2, 0.25) is 0 Å². The molecule has 0 unspecified atom stereocenters. The first-order valence-electron chi connectivity index (χ1n) is 11.6. The van der Waals surface area contributed by atoms with E-state index >= 15 is 0 Å². The van der Waals surface area contributed by atoms with Crippen molar-refractivity contribution in [3.05, 3.63) is 71.8 Å². The van der Waals surface area contributed by atoms with Gasteiger partial charge in [-0.25, -0.2) is 9.59 Å². The van der Waals surface area contributed by atoms with Crippen molar-refractivity contribution in [2.45, 2.75) is 64.3 Å². The van der Waals surface area contributed by atoms with E-state index in [1.165, 1.54) is 4.90 Å². The van der Waals surface area contributed by atoms with E-state index in [4.69, 9.17) is 9.47 Å². The lowest BCUT2D eigenvalue weighted by Crippen LogP contribution is -2.51. The fourth-order valence-corrected chi connectivity index (χ4v) is 3.81. The maximum Gasteiger partial charge on any atom is 0.410 e. The van der Waals surface area contributed by atoms with Crippen LogP contribution in [0.3, 0.4) is 0 Å². The highest BCUT2D eigenvalue weighted by atomic mass is 16.6. The van der Waals surface area contributed by atoms with Gasteiger partial charge in [0.15, 0.2) is 0 Å².